The van der Waals surface area contributed by atoms with Crippen LogP contribution >= 0.6 is 24.0 Å². The molecular formula is C20H33IN4O. The van der Waals surface area contributed by atoms with E-state index >= 15 is 0 Å². The van der Waals surface area contributed by atoms with Gasteiger partial charge in [0.1, 0.15) is 0 Å². The largest absolute Gasteiger partial charge is 0.357 e. The molecule has 1 aliphatic heterocycles. The van der Waals surface area contributed by atoms with Gasteiger partial charge in [0.05, 0.1) is 6.54 Å². The molecule has 6 heteroatoms. The number of nitrogens with one attached hydrogen (secondary N) is 2. The lowest BCUT2D eigenvalue weighted by atomic mass is 10.1. The molecule has 0 unspecified atom stereocenters. The second kappa shape index (κ2) is 12.9. The zero-order valence-corrected chi connectivity index (χ0v) is 18.4. The standard InChI is InChI=1S/C20H32N4O.HI/c1-3-5-6-12-22-20(21-4-2)23-15-17-9-7-10-18(14-17)16-24-13-8-11-19(24)25;/h7,9-10,14H,3-6,8,11-13,15-16H2,1-2H3,(H2,21,22,23);1H. The number of benzene rings is 1. The molecular weight excluding hydrogens is 439 g/mol. The maximum atomic E-state index is 11.8. The molecule has 1 heterocycles. The summed E-state index contributed by atoms with van der Waals surface area (Å²) in [6.45, 7) is 8.34. The first-order valence-corrected chi connectivity index (χ1v) is 9.60. The van der Waals surface area contributed by atoms with Gasteiger partial charge in [-0.2, -0.15) is 0 Å². The molecule has 5 nitrogen and oxygen atoms in total. The molecule has 0 atom stereocenters. The highest BCUT2D eigenvalue weighted by Gasteiger charge is 2.19. The summed E-state index contributed by atoms with van der Waals surface area (Å²) >= 11 is 0. The van der Waals surface area contributed by atoms with Crippen LogP contribution in [0.2, 0.25) is 0 Å². The minimum absolute atomic E-state index is 0. The summed E-state index contributed by atoms with van der Waals surface area (Å²) < 4.78 is 0. The first-order chi connectivity index (χ1) is 12.2. The van der Waals surface area contributed by atoms with E-state index in [1.807, 2.05) is 4.90 Å². The summed E-state index contributed by atoms with van der Waals surface area (Å²) in [5, 5.41) is 6.69. The fourth-order valence-electron chi connectivity index (χ4n) is 3.01. The molecule has 1 amide bonds. The summed E-state index contributed by atoms with van der Waals surface area (Å²) in [6, 6.07) is 8.41. The zero-order chi connectivity index (χ0) is 17.9. The van der Waals surface area contributed by atoms with Crippen LogP contribution in [0.4, 0.5) is 0 Å². The maximum absolute atomic E-state index is 11.8. The number of amides is 1. The Labute approximate surface area is 175 Å². The van der Waals surface area contributed by atoms with E-state index in [1.54, 1.807) is 0 Å². The number of aliphatic imine (C=N–C) groups is 1. The number of halogens is 1. The van der Waals surface area contributed by atoms with Gasteiger partial charge < -0.3 is 15.5 Å². The van der Waals surface area contributed by atoms with E-state index < -0.39 is 0 Å². The number of unbranched alkanes of at least 4 members (excludes halogenated alkanes) is 2. The Morgan fingerprint density at radius 1 is 1.19 bits per heavy atom. The molecule has 0 radical (unpaired) electrons. The molecule has 0 aliphatic carbocycles. The average Bonchev–Trinajstić information content (AvgIpc) is 3.01. The molecule has 0 bridgehead atoms. The monoisotopic (exact) mass is 472 g/mol. The van der Waals surface area contributed by atoms with E-state index in [4.69, 9.17) is 0 Å². The van der Waals surface area contributed by atoms with Gasteiger partial charge >= 0.3 is 0 Å². The molecule has 1 aromatic carbocycles. The highest BCUT2D eigenvalue weighted by Crippen LogP contribution is 2.15. The number of guanidine groups is 1. The molecule has 146 valence electrons. The Balaban J connectivity index is 0.00000338. The average molecular weight is 472 g/mol. The van der Waals surface area contributed by atoms with Gasteiger partial charge in [-0.3, -0.25) is 4.79 Å². The topological polar surface area (TPSA) is 56.7 Å². The quantitative estimate of drug-likeness (QED) is 0.250. The van der Waals surface area contributed by atoms with Crippen LogP contribution in [0.1, 0.15) is 57.1 Å². The Morgan fingerprint density at radius 2 is 2.00 bits per heavy atom. The zero-order valence-electron chi connectivity index (χ0n) is 16.1. The fourth-order valence-corrected chi connectivity index (χ4v) is 3.01. The van der Waals surface area contributed by atoms with Crippen molar-refractivity contribution in [3.63, 3.8) is 0 Å². The molecule has 1 saturated heterocycles. The molecule has 1 fully saturated rings. The first kappa shape index (κ1) is 22.7. The van der Waals surface area contributed by atoms with Crippen LogP contribution < -0.4 is 10.6 Å². The molecule has 26 heavy (non-hydrogen) atoms. The van der Waals surface area contributed by atoms with E-state index in [0.717, 1.165) is 32.0 Å². The summed E-state index contributed by atoms with van der Waals surface area (Å²) in [5.41, 5.74) is 2.36. The Hall–Kier alpha value is -1.31. The van der Waals surface area contributed by atoms with Crippen LogP contribution in [0.5, 0.6) is 0 Å². The van der Waals surface area contributed by atoms with E-state index in [1.165, 1.54) is 30.4 Å². The molecule has 0 saturated carbocycles. The number of carbonyl (C=O) groups is 1. The molecule has 0 spiro atoms. The normalized spacial score (nSPS) is 14.3. The van der Waals surface area contributed by atoms with Crippen molar-refractivity contribution in [3.8, 4) is 0 Å². The van der Waals surface area contributed by atoms with Crippen LogP contribution in [0.3, 0.4) is 0 Å². The van der Waals surface area contributed by atoms with Crippen molar-refractivity contribution in [2.75, 3.05) is 19.6 Å². The van der Waals surface area contributed by atoms with E-state index in [9.17, 15) is 4.79 Å². The number of rotatable bonds is 9. The van der Waals surface area contributed by atoms with Crippen LogP contribution in [0.25, 0.3) is 0 Å². The van der Waals surface area contributed by atoms with Gasteiger partial charge in [0, 0.05) is 32.6 Å². The van der Waals surface area contributed by atoms with Crippen molar-refractivity contribution in [2.24, 2.45) is 4.99 Å². The predicted octanol–water partition coefficient (Wildman–Crippen LogP) is 3.67. The Kier molecular flexibility index (Phi) is 11.3. The van der Waals surface area contributed by atoms with Gasteiger partial charge in [-0.25, -0.2) is 4.99 Å². The second-order valence-corrected chi connectivity index (χ2v) is 6.57. The number of hydrogen-bond donors (Lipinski definition) is 2. The summed E-state index contributed by atoms with van der Waals surface area (Å²) in [4.78, 5) is 18.4. The van der Waals surface area contributed by atoms with Gasteiger partial charge in [-0.1, -0.05) is 44.0 Å². The van der Waals surface area contributed by atoms with Crippen LogP contribution in [-0.4, -0.2) is 36.4 Å². The molecule has 2 rings (SSSR count). The fraction of sp³-hybridized carbons (Fsp3) is 0.600. The number of hydrogen-bond acceptors (Lipinski definition) is 2. The third kappa shape index (κ3) is 7.93. The van der Waals surface area contributed by atoms with E-state index in [2.05, 4.69) is 53.7 Å². The summed E-state index contributed by atoms with van der Waals surface area (Å²) in [7, 11) is 0. The summed E-state index contributed by atoms with van der Waals surface area (Å²) in [5.74, 6) is 1.15. The highest BCUT2D eigenvalue weighted by atomic mass is 127. The van der Waals surface area contributed by atoms with Crippen molar-refractivity contribution in [3.05, 3.63) is 35.4 Å². The lowest BCUT2D eigenvalue weighted by Gasteiger charge is -2.16. The third-order valence-corrected chi connectivity index (χ3v) is 4.37. The van der Waals surface area contributed by atoms with Crippen molar-refractivity contribution in [1.29, 1.82) is 0 Å². The van der Waals surface area contributed by atoms with Gasteiger partial charge in [0.15, 0.2) is 5.96 Å². The van der Waals surface area contributed by atoms with Gasteiger partial charge in [-0.15, -0.1) is 24.0 Å². The maximum Gasteiger partial charge on any atom is 0.222 e. The lowest BCUT2D eigenvalue weighted by molar-refractivity contribution is -0.128. The second-order valence-electron chi connectivity index (χ2n) is 6.57. The SMILES string of the molecule is CCCCCNC(=NCc1cccc(CN2CCCC2=O)c1)NCC.I. The van der Waals surface area contributed by atoms with Crippen molar-refractivity contribution >= 4 is 35.8 Å². The van der Waals surface area contributed by atoms with Crippen LogP contribution in [-0.2, 0) is 17.9 Å². The minimum atomic E-state index is 0. The van der Waals surface area contributed by atoms with Crippen LogP contribution in [0, 0.1) is 0 Å². The number of likely N-dealkylation sites (tertiary alicyclic amines) is 1. The molecule has 0 aromatic heterocycles. The number of nitrogens with zero attached hydrogens (tertiary/aromatic N) is 2. The van der Waals surface area contributed by atoms with Gasteiger partial charge in [-0.05, 0) is 30.9 Å². The first-order valence-electron chi connectivity index (χ1n) is 9.60. The van der Waals surface area contributed by atoms with Crippen molar-refractivity contribution in [1.82, 2.24) is 15.5 Å². The molecule has 2 N–H and O–H groups in total. The Bertz CT molecular complexity index is 577. The molecule has 1 aromatic rings. The van der Waals surface area contributed by atoms with Gasteiger partial charge in [0.25, 0.3) is 0 Å². The van der Waals surface area contributed by atoms with Gasteiger partial charge in [0.2, 0.25) is 5.91 Å². The highest BCUT2D eigenvalue weighted by molar-refractivity contribution is 14.0. The lowest BCUT2D eigenvalue weighted by Crippen LogP contribution is -2.37. The van der Waals surface area contributed by atoms with Crippen LogP contribution in [0.15, 0.2) is 29.3 Å². The predicted molar refractivity (Wildman–Crippen MR) is 119 cm³/mol. The van der Waals surface area contributed by atoms with Crippen molar-refractivity contribution in [2.45, 2.75) is 59.0 Å². The third-order valence-electron chi connectivity index (χ3n) is 4.37. The van der Waals surface area contributed by atoms with E-state index in [-0.39, 0.29) is 29.9 Å². The summed E-state index contributed by atoms with van der Waals surface area (Å²) in [6.07, 6.45) is 5.31. The molecule has 1 aliphatic rings. The minimum Gasteiger partial charge on any atom is -0.357 e. The Morgan fingerprint density at radius 3 is 2.69 bits per heavy atom. The van der Waals surface area contributed by atoms with E-state index in [0.29, 0.717) is 19.5 Å². The van der Waals surface area contributed by atoms with Crippen molar-refractivity contribution < 1.29 is 4.79 Å². The smallest absolute Gasteiger partial charge is 0.222 e. The number of carbonyl (C=O) groups excluding carboxylic acids is 1.